The lowest BCUT2D eigenvalue weighted by molar-refractivity contribution is 0.240. The number of hydrogen-bond donors (Lipinski definition) is 1. The SMILES string of the molecule is CC(NCc1ccccc1)C1CCC1.Cl. The predicted molar refractivity (Wildman–Crippen MR) is 67.3 cm³/mol. The van der Waals surface area contributed by atoms with Crippen molar-refractivity contribution in [3.8, 4) is 0 Å². The zero-order valence-corrected chi connectivity index (χ0v) is 10.1. The summed E-state index contributed by atoms with van der Waals surface area (Å²) in [5, 5.41) is 3.60. The summed E-state index contributed by atoms with van der Waals surface area (Å²) in [4.78, 5) is 0. The van der Waals surface area contributed by atoms with Crippen molar-refractivity contribution in [2.75, 3.05) is 0 Å². The van der Waals surface area contributed by atoms with E-state index in [1.54, 1.807) is 0 Å². The van der Waals surface area contributed by atoms with Crippen LogP contribution in [0, 0.1) is 5.92 Å². The van der Waals surface area contributed by atoms with E-state index in [1.165, 1.54) is 24.8 Å². The Morgan fingerprint density at radius 2 is 1.93 bits per heavy atom. The monoisotopic (exact) mass is 225 g/mol. The second kappa shape index (κ2) is 6.14. The number of rotatable bonds is 4. The summed E-state index contributed by atoms with van der Waals surface area (Å²) in [5.74, 6) is 0.929. The molecule has 1 unspecified atom stereocenters. The van der Waals surface area contributed by atoms with E-state index in [9.17, 15) is 0 Å². The van der Waals surface area contributed by atoms with Gasteiger partial charge < -0.3 is 5.32 Å². The Morgan fingerprint density at radius 3 is 2.47 bits per heavy atom. The summed E-state index contributed by atoms with van der Waals surface area (Å²) < 4.78 is 0. The summed E-state index contributed by atoms with van der Waals surface area (Å²) in [6.45, 7) is 3.32. The Labute approximate surface area is 98.7 Å². The summed E-state index contributed by atoms with van der Waals surface area (Å²) in [6.07, 6.45) is 4.27. The van der Waals surface area contributed by atoms with E-state index in [1.807, 2.05) is 0 Å². The lowest BCUT2D eigenvalue weighted by atomic mass is 9.80. The summed E-state index contributed by atoms with van der Waals surface area (Å²) in [5.41, 5.74) is 1.39. The van der Waals surface area contributed by atoms with E-state index >= 15 is 0 Å². The van der Waals surface area contributed by atoms with Crippen LogP contribution >= 0.6 is 12.4 Å². The molecule has 1 atom stereocenters. The minimum atomic E-state index is 0. The van der Waals surface area contributed by atoms with Crippen molar-refractivity contribution < 1.29 is 0 Å². The average molecular weight is 226 g/mol. The molecule has 0 saturated heterocycles. The number of benzene rings is 1. The van der Waals surface area contributed by atoms with Crippen LogP contribution in [0.4, 0.5) is 0 Å². The molecule has 1 aromatic rings. The van der Waals surface area contributed by atoms with E-state index in [0.717, 1.165) is 12.5 Å². The molecule has 15 heavy (non-hydrogen) atoms. The average Bonchev–Trinajstić information content (AvgIpc) is 2.14. The molecule has 0 heterocycles. The Bertz CT molecular complexity index is 269. The molecule has 0 amide bonds. The lowest BCUT2D eigenvalue weighted by Gasteiger charge is -2.32. The van der Waals surface area contributed by atoms with Crippen molar-refractivity contribution in [2.45, 2.75) is 38.8 Å². The molecule has 0 radical (unpaired) electrons. The number of halogens is 1. The van der Waals surface area contributed by atoms with Gasteiger partial charge in [0.1, 0.15) is 0 Å². The molecule has 1 aliphatic carbocycles. The van der Waals surface area contributed by atoms with Crippen molar-refractivity contribution in [1.29, 1.82) is 0 Å². The minimum Gasteiger partial charge on any atom is -0.310 e. The second-order valence-corrected chi connectivity index (χ2v) is 4.35. The molecule has 2 rings (SSSR count). The molecule has 0 aromatic heterocycles. The zero-order valence-electron chi connectivity index (χ0n) is 9.28. The molecule has 0 aliphatic heterocycles. The molecular formula is C13H20ClN. The van der Waals surface area contributed by atoms with Crippen molar-refractivity contribution in [1.82, 2.24) is 5.32 Å². The fourth-order valence-corrected chi connectivity index (χ4v) is 1.98. The van der Waals surface area contributed by atoms with E-state index in [2.05, 4.69) is 42.6 Å². The Hall–Kier alpha value is -0.530. The van der Waals surface area contributed by atoms with Crippen molar-refractivity contribution >= 4 is 12.4 Å². The summed E-state index contributed by atoms with van der Waals surface area (Å²) in [6, 6.07) is 11.3. The minimum absolute atomic E-state index is 0. The summed E-state index contributed by atoms with van der Waals surface area (Å²) in [7, 11) is 0. The molecule has 1 saturated carbocycles. The van der Waals surface area contributed by atoms with E-state index in [-0.39, 0.29) is 12.4 Å². The van der Waals surface area contributed by atoms with E-state index < -0.39 is 0 Å². The van der Waals surface area contributed by atoms with Gasteiger partial charge in [0, 0.05) is 12.6 Å². The highest BCUT2D eigenvalue weighted by atomic mass is 35.5. The van der Waals surface area contributed by atoms with Crippen LogP contribution in [0.5, 0.6) is 0 Å². The maximum atomic E-state index is 3.60. The predicted octanol–water partition coefficient (Wildman–Crippen LogP) is 3.39. The quantitative estimate of drug-likeness (QED) is 0.829. The molecule has 1 aromatic carbocycles. The maximum absolute atomic E-state index is 3.60. The van der Waals surface area contributed by atoms with Crippen LogP contribution in [0.2, 0.25) is 0 Å². The third kappa shape index (κ3) is 3.51. The molecular weight excluding hydrogens is 206 g/mol. The van der Waals surface area contributed by atoms with Gasteiger partial charge in [-0.2, -0.15) is 0 Å². The van der Waals surface area contributed by atoms with Crippen LogP contribution in [-0.2, 0) is 6.54 Å². The molecule has 1 nitrogen and oxygen atoms in total. The largest absolute Gasteiger partial charge is 0.310 e. The lowest BCUT2D eigenvalue weighted by Crippen LogP contribution is -2.36. The first-order chi connectivity index (χ1) is 6.86. The van der Waals surface area contributed by atoms with Gasteiger partial charge in [-0.15, -0.1) is 12.4 Å². The van der Waals surface area contributed by atoms with Gasteiger partial charge in [0.25, 0.3) is 0 Å². The molecule has 1 fully saturated rings. The first kappa shape index (κ1) is 12.5. The fraction of sp³-hybridized carbons (Fsp3) is 0.538. The molecule has 0 bridgehead atoms. The highest BCUT2D eigenvalue weighted by molar-refractivity contribution is 5.85. The van der Waals surface area contributed by atoms with Crippen molar-refractivity contribution in [2.24, 2.45) is 5.92 Å². The van der Waals surface area contributed by atoms with Gasteiger partial charge in [0.15, 0.2) is 0 Å². The highest BCUT2D eigenvalue weighted by Crippen LogP contribution is 2.29. The Kier molecular flexibility index (Phi) is 5.13. The van der Waals surface area contributed by atoms with Crippen LogP contribution in [-0.4, -0.2) is 6.04 Å². The molecule has 1 N–H and O–H groups in total. The molecule has 2 heteroatoms. The normalized spacial score (nSPS) is 17.7. The first-order valence-electron chi connectivity index (χ1n) is 5.63. The van der Waals surface area contributed by atoms with Crippen LogP contribution in [0.1, 0.15) is 31.7 Å². The Morgan fingerprint density at radius 1 is 1.27 bits per heavy atom. The van der Waals surface area contributed by atoms with Crippen LogP contribution in [0.3, 0.4) is 0 Å². The number of nitrogens with one attached hydrogen (secondary N) is 1. The molecule has 1 aliphatic rings. The van der Waals surface area contributed by atoms with Crippen molar-refractivity contribution in [3.05, 3.63) is 35.9 Å². The second-order valence-electron chi connectivity index (χ2n) is 4.35. The smallest absolute Gasteiger partial charge is 0.0208 e. The molecule has 84 valence electrons. The Balaban J connectivity index is 0.00000112. The van der Waals surface area contributed by atoms with Gasteiger partial charge in [-0.1, -0.05) is 36.8 Å². The maximum Gasteiger partial charge on any atom is 0.0208 e. The van der Waals surface area contributed by atoms with Gasteiger partial charge in [0.2, 0.25) is 0 Å². The zero-order chi connectivity index (χ0) is 9.80. The standard InChI is InChI=1S/C13H19N.ClH/c1-11(13-8-5-9-13)14-10-12-6-3-2-4-7-12;/h2-4,6-7,11,13-14H,5,8-10H2,1H3;1H. The van der Waals surface area contributed by atoms with Gasteiger partial charge in [0.05, 0.1) is 0 Å². The topological polar surface area (TPSA) is 12.0 Å². The highest BCUT2D eigenvalue weighted by Gasteiger charge is 2.22. The van der Waals surface area contributed by atoms with Gasteiger partial charge in [-0.3, -0.25) is 0 Å². The van der Waals surface area contributed by atoms with Gasteiger partial charge >= 0.3 is 0 Å². The van der Waals surface area contributed by atoms with Gasteiger partial charge in [-0.25, -0.2) is 0 Å². The van der Waals surface area contributed by atoms with Crippen LogP contribution < -0.4 is 5.32 Å². The number of hydrogen-bond acceptors (Lipinski definition) is 1. The first-order valence-corrected chi connectivity index (χ1v) is 5.63. The van der Waals surface area contributed by atoms with E-state index in [0.29, 0.717) is 6.04 Å². The van der Waals surface area contributed by atoms with Gasteiger partial charge in [-0.05, 0) is 31.2 Å². The van der Waals surface area contributed by atoms with E-state index in [4.69, 9.17) is 0 Å². The molecule has 0 spiro atoms. The third-order valence-corrected chi connectivity index (χ3v) is 3.33. The van der Waals surface area contributed by atoms with Crippen molar-refractivity contribution in [3.63, 3.8) is 0 Å². The third-order valence-electron chi connectivity index (χ3n) is 3.33. The fourth-order valence-electron chi connectivity index (χ4n) is 1.98. The van der Waals surface area contributed by atoms with Crippen LogP contribution in [0.15, 0.2) is 30.3 Å². The van der Waals surface area contributed by atoms with Crippen LogP contribution in [0.25, 0.3) is 0 Å². The summed E-state index contributed by atoms with van der Waals surface area (Å²) >= 11 is 0.